The van der Waals surface area contributed by atoms with E-state index >= 15 is 0 Å². The highest BCUT2D eigenvalue weighted by Gasteiger charge is 2.17. The van der Waals surface area contributed by atoms with Crippen LogP contribution in [-0.2, 0) is 11.3 Å². The summed E-state index contributed by atoms with van der Waals surface area (Å²) in [7, 11) is 0. The first kappa shape index (κ1) is 14.0. The molecule has 0 aromatic carbocycles. The highest BCUT2D eigenvalue weighted by Crippen LogP contribution is 2.14. The number of pyridine rings is 2. The molecule has 7 heteroatoms. The number of hydrogen-bond donors (Lipinski definition) is 2. The molecular weight excluding hydrogens is 262 g/mol. The summed E-state index contributed by atoms with van der Waals surface area (Å²) >= 11 is 0. The Morgan fingerprint density at radius 3 is 2.85 bits per heavy atom. The van der Waals surface area contributed by atoms with Crippen molar-refractivity contribution in [1.82, 2.24) is 9.55 Å². The van der Waals surface area contributed by atoms with Gasteiger partial charge >= 0.3 is 5.97 Å². The molecule has 0 bridgehead atoms. The Morgan fingerprint density at radius 1 is 1.50 bits per heavy atom. The maximum absolute atomic E-state index is 12.3. The van der Waals surface area contributed by atoms with Crippen molar-refractivity contribution in [2.45, 2.75) is 20.4 Å². The molecular formula is C13H15N3O4. The van der Waals surface area contributed by atoms with Crippen LogP contribution < -0.4 is 10.9 Å². The number of ether oxygens (including phenoxy) is 1. The maximum Gasteiger partial charge on any atom is 0.343 e. The molecule has 0 saturated heterocycles. The van der Waals surface area contributed by atoms with Crippen molar-refractivity contribution in [3.05, 3.63) is 34.2 Å². The Balaban J connectivity index is 2.75. The van der Waals surface area contributed by atoms with Crippen LogP contribution in [0.5, 0.6) is 0 Å². The molecule has 0 saturated carbocycles. The number of nitrogens with one attached hydrogen (secondary N) is 1. The number of aromatic nitrogens is 2. The topological polar surface area (TPSA) is 93.5 Å². The molecule has 20 heavy (non-hydrogen) atoms. The molecule has 2 N–H and O–H groups in total. The monoisotopic (exact) mass is 277 g/mol. The van der Waals surface area contributed by atoms with Gasteiger partial charge in [-0.15, -0.1) is 0 Å². The number of rotatable bonds is 4. The third-order valence-corrected chi connectivity index (χ3v) is 2.88. The number of nitrogens with zero attached hydrogens (tertiary/aromatic N) is 2. The van der Waals surface area contributed by atoms with Gasteiger partial charge in [0, 0.05) is 12.7 Å². The minimum atomic E-state index is -0.663. The summed E-state index contributed by atoms with van der Waals surface area (Å²) in [5.41, 5.74) is 2.15. The van der Waals surface area contributed by atoms with Gasteiger partial charge in [0.15, 0.2) is 0 Å². The second kappa shape index (κ2) is 5.70. The quantitative estimate of drug-likeness (QED) is 0.648. The normalized spacial score (nSPS) is 10.6. The summed E-state index contributed by atoms with van der Waals surface area (Å²) in [6, 6.07) is 1.44. The maximum atomic E-state index is 12.3. The largest absolute Gasteiger partial charge is 0.462 e. The molecule has 106 valence electrons. The van der Waals surface area contributed by atoms with E-state index in [4.69, 9.17) is 9.94 Å². The van der Waals surface area contributed by atoms with Crippen LogP contribution in [-0.4, -0.2) is 27.3 Å². The first-order valence-corrected chi connectivity index (χ1v) is 6.22. The van der Waals surface area contributed by atoms with E-state index in [1.165, 1.54) is 18.5 Å². The summed E-state index contributed by atoms with van der Waals surface area (Å²) in [4.78, 5) is 28.2. The molecule has 0 aliphatic rings. The Bertz CT molecular complexity index is 709. The van der Waals surface area contributed by atoms with Gasteiger partial charge in [0.1, 0.15) is 11.2 Å². The molecule has 0 atom stereocenters. The van der Waals surface area contributed by atoms with E-state index in [0.717, 1.165) is 0 Å². The van der Waals surface area contributed by atoms with Crippen molar-refractivity contribution < 1.29 is 14.7 Å². The number of esters is 1. The van der Waals surface area contributed by atoms with E-state index in [0.29, 0.717) is 12.2 Å². The summed E-state index contributed by atoms with van der Waals surface area (Å²) < 4.78 is 6.56. The summed E-state index contributed by atoms with van der Waals surface area (Å²) in [5.74, 6) is -0.663. The van der Waals surface area contributed by atoms with E-state index < -0.39 is 11.4 Å². The first-order valence-electron chi connectivity index (χ1n) is 6.22. The molecule has 0 spiro atoms. The Hall–Kier alpha value is -2.41. The van der Waals surface area contributed by atoms with Gasteiger partial charge in [-0.05, 0) is 19.9 Å². The van der Waals surface area contributed by atoms with Crippen LogP contribution in [0, 0.1) is 0 Å². The Morgan fingerprint density at radius 2 is 2.25 bits per heavy atom. The minimum Gasteiger partial charge on any atom is -0.462 e. The molecule has 0 aliphatic carbocycles. The van der Waals surface area contributed by atoms with Gasteiger partial charge in [-0.3, -0.25) is 15.5 Å². The lowest BCUT2D eigenvalue weighted by Crippen LogP contribution is -2.21. The molecule has 0 amide bonds. The third kappa shape index (κ3) is 2.35. The molecule has 7 nitrogen and oxygen atoms in total. The van der Waals surface area contributed by atoms with Crippen LogP contribution >= 0.6 is 0 Å². The second-order valence-electron chi connectivity index (χ2n) is 4.09. The number of aryl methyl sites for hydroxylation is 1. The first-order chi connectivity index (χ1) is 9.62. The summed E-state index contributed by atoms with van der Waals surface area (Å²) in [5, 5.41) is 9.13. The van der Waals surface area contributed by atoms with Gasteiger partial charge in [-0.1, -0.05) is 0 Å². The van der Waals surface area contributed by atoms with Crippen LogP contribution in [0.3, 0.4) is 0 Å². The lowest BCUT2D eigenvalue weighted by molar-refractivity contribution is 0.0524. The lowest BCUT2D eigenvalue weighted by atomic mass is 10.2. The van der Waals surface area contributed by atoms with Gasteiger partial charge in [-0.25, -0.2) is 9.78 Å². The average molecular weight is 277 g/mol. The Kier molecular flexibility index (Phi) is 3.99. The number of anilines is 1. The van der Waals surface area contributed by atoms with Gasteiger partial charge in [0.2, 0.25) is 5.43 Å². The van der Waals surface area contributed by atoms with Gasteiger partial charge in [-0.2, -0.15) is 0 Å². The summed E-state index contributed by atoms with van der Waals surface area (Å²) in [6.07, 6.45) is 2.85. The smallest absolute Gasteiger partial charge is 0.343 e. The predicted molar refractivity (Wildman–Crippen MR) is 73.0 cm³/mol. The van der Waals surface area contributed by atoms with Crippen molar-refractivity contribution in [2.75, 3.05) is 12.1 Å². The van der Waals surface area contributed by atoms with E-state index in [2.05, 4.69) is 4.98 Å². The minimum absolute atomic E-state index is 0.0434. The fourth-order valence-corrected chi connectivity index (χ4v) is 1.93. The lowest BCUT2D eigenvalue weighted by Gasteiger charge is -2.11. The number of hydrogen-bond acceptors (Lipinski definition) is 6. The van der Waals surface area contributed by atoms with E-state index in [1.54, 1.807) is 11.5 Å². The van der Waals surface area contributed by atoms with Crippen molar-refractivity contribution >= 4 is 22.7 Å². The molecule has 0 unspecified atom stereocenters. The molecule has 0 radical (unpaired) electrons. The third-order valence-electron chi connectivity index (χ3n) is 2.88. The fraction of sp³-hybridized carbons (Fsp3) is 0.308. The van der Waals surface area contributed by atoms with Crippen LogP contribution in [0.25, 0.3) is 11.0 Å². The van der Waals surface area contributed by atoms with E-state index in [9.17, 15) is 9.59 Å². The molecule has 2 aromatic heterocycles. The molecule has 0 aliphatic heterocycles. The molecule has 0 fully saturated rings. The average Bonchev–Trinajstić information content (AvgIpc) is 2.47. The van der Waals surface area contributed by atoms with Crippen LogP contribution in [0.2, 0.25) is 0 Å². The van der Waals surface area contributed by atoms with E-state index in [1.807, 2.05) is 12.4 Å². The zero-order chi connectivity index (χ0) is 14.7. The van der Waals surface area contributed by atoms with Crippen molar-refractivity contribution in [3.63, 3.8) is 0 Å². The number of carbonyl (C=O) groups excluding carboxylic acids is 1. The van der Waals surface area contributed by atoms with Crippen LogP contribution in [0.4, 0.5) is 5.69 Å². The zero-order valence-corrected chi connectivity index (χ0v) is 11.2. The number of carbonyl (C=O) groups is 1. The second-order valence-corrected chi connectivity index (χ2v) is 4.09. The molecule has 2 rings (SSSR count). The van der Waals surface area contributed by atoms with Crippen LogP contribution in [0.1, 0.15) is 24.2 Å². The van der Waals surface area contributed by atoms with Crippen molar-refractivity contribution in [1.29, 1.82) is 0 Å². The SMILES string of the molecule is CCOC(=O)c1cn(CC)c2ncc(NO)cc2c1=O. The Labute approximate surface area is 114 Å². The van der Waals surface area contributed by atoms with Gasteiger partial charge < -0.3 is 9.30 Å². The van der Waals surface area contributed by atoms with Gasteiger partial charge in [0.05, 0.1) is 23.9 Å². The molecule has 2 heterocycles. The number of fused-ring (bicyclic) bond motifs is 1. The van der Waals surface area contributed by atoms with Crippen molar-refractivity contribution in [3.8, 4) is 0 Å². The summed E-state index contributed by atoms with van der Waals surface area (Å²) in [6.45, 7) is 4.28. The zero-order valence-electron chi connectivity index (χ0n) is 11.2. The standard InChI is InChI=1S/C13H15N3O4/c1-3-16-7-10(13(18)20-4-2)11(17)9-5-8(15-19)6-14-12(9)16/h5-7,15,19H,3-4H2,1-2H3. The van der Waals surface area contributed by atoms with Crippen LogP contribution in [0.15, 0.2) is 23.3 Å². The predicted octanol–water partition coefficient (Wildman–Crippen LogP) is 1.39. The van der Waals surface area contributed by atoms with E-state index in [-0.39, 0.29) is 23.2 Å². The fourth-order valence-electron chi connectivity index (χ4n) is 1.93. The highest BCUT2D eigenvalue weighted by molar-refractivity contribution is 5.93. The van der Waals surface area contributed by atoms with Crippen molar-refractivity contribution in [2.24, 2.45) is 0 Å². The highest BCUT2D eigenvalue weighted by atomic mass is 16.5. The van der Waals surface area contributed by atoms with Gasteiger partial charge in [0.25, 0.3) is 0 Å². The molecule has 2 aromatic rings.